The minimum atomic E-state index is -1.87. The molecule has 0 radical (unpaired) electrons. The molecular formula is C28H29N3O6. The number of amides is 1. The van der Waals surface area contributed by atoms with Crippen molar-refractivity contribution >= 4 is 23.0 Å². The molecule has 5 heterocycles. The number of nitrogens with zero attached hydrogens (tertiary/aromatic N) is 3. The minimum absolute atomic E-state index is 0.0906. The molecule has 9 nitrogen and oxygen atoms in total. The Bertz CT molecular complexity index is 1490. The molecule has 3 aliphatic rings. The summed E-state index contributed by atoms with van der Waals surface area (Å²) in [6.45, 7) is 3.50. The third-order valence-electron chi connectivity index (χ3n) is 7.91. The molecule has 0 unspecified atom stereocenters. The van der Waals surface area contributed by atoms with E-state index >= 15 is 0 Å². The fourth-order valence-electron chi connectivity index (χ4n) is 5.81. The summed E-state index contributed by atoms with van der Waals surface area (Å²) in [4.78, 5) is 45.2. The fraction of sp³-hybridized carbons (Fsp3) is 0.429. The van der Waals surface area contributed by atoms with Crippen molar-refractivity contribution in [1.29, 1.82) is 0 Å². The Morgan fingerprint density at radius 3 is 2.73 bits per heavy atom. The first-order valence-corrected chi connectivity index (χ1v) is 12.9. The predicted octanol–water partition coefficient (Wildman–Crippen LogP) is 3.24. The second-order valence-electron chi connectivity index (χ2n) is 9.95. The predicted molar refractivity (Wildman–Crippen MR) is 135 cm³/mol. The number of hydrogen-bond donors (Lipinski definition) is 1. The van der Waals surface area contributed by atoms with Gasteiger partial charge in [0.15, 0.2) is 5.60 Å². The van der Waals surface area contributed by atoms with Crippen LogP contribution in [0.4, 0.5) is 4.79 Å². The van der Waals surface area contributed by atoms with E-state index < -0.39 is 11.6 Å². The van der Waals surface area contributed by atoms with Gasteiger partial charge in [-0.25, -0.2) is 14.6 Å². The first kappa shape index (κ1) is 23.7. The van der Waals surface area contributed by atoms with Crippen LogP contribution < -0.4 is 5.56 Å². The number of carbonyl (C=O) groups excluding carboxylic acids is 2. The number of aliphatic hydroxyl groups is 1. The van der Waals surface area contributed by atoms with Gasteiger partial charge in [0.25, 0.3) is 5.56 Å². The maximum absolute atomic E-state index is 13.5. The smallest absolute Gasteiger partial charge is 0.409 e. The number of carbonyl (C=O) groups is 2. The van der Waals surface area contributed by atoms with Crippen molar-refractivity contribution in [2.45, 2.75) is 57.8 Å². The van der Waals surface area contributed by atoms with E-state index in [9.17, 15) is 19.5 Å². The highest BCUT2D eigenvalue weighted by atomic mass is 16.6. The Hall–Kier alpha value is -3.72. The number of aromatic nitrogens is 2. The monoisotopic (exact) mass is 503 g/mol. The summed E-state index contributed by atoms with van der Waals surface area (Å²) in [6, 6.07) is 9.47. The summed E-state index contributed by atoms with van der Waals surface area (Å²) in [7, 11) is 0. The lowest BCUT2D eigenvalue weighted by molar-refractivity contribution is -0.172. The van der Waals surface area contributed by atoms with Crippen molar-refractivity contribution < 1.29 is 24.2 Å². The van der Waals surface area contributed by atoms with Gasteiger partial charge in [0.05, 0.1) is 35.6 Å². The molecule has 0 bridgehead atoms. The summed E-state index contributed by atoms with van der Waals surface area (Å²) >= 11 is 0. The number of likely N-dealkylation sites (tertiary alicyclic amines) is 1. The number of piperidine rings is 1. The van der Waals surface area contributed by atoms with Crippen LogP contribution in [0.5, 0.6) is 0 Å². The molecule has 192 valence electrons. The summed E-state index contributed by atoms with van der Waals surface area (Å²) in [5, 5.41) is 12.1. The van der Waals surface area contributed by atoms with Gasteiger partial charge in [0.2, 0.25) is 0 Å². The third kappa shape index (κ3) is 3.71. The van der Waals surface area contributed by atoms with Crippen molar-refractivity contribution in [3.8, 4) is 11.4 Å². The van der Waals surface area contributed by atoms with Gasteiger partial charge in [-0.2, -0.15) is 0 Å². The van der Waals surface area contributed by atoms with Gasteiger partial charge in [-0.1, -0.05) is 25.1 Å². The van der Waals surface area contributed by atoms with Crippen molar-refractivity contribution in [2.75, 3.05) is 19.7 Å². The molecule has 3 aliphatic heterocycles. The Balaban J connectivity index is 1.40. The Morgan fingerprint density at radius 2 is 1.95 bits per heavy atom. The van der Waals surface area contributed by atoms with Gasteiger partial charge in [0.1, 0.15) is 6.61 Å². The Kier molecular flexibility index (Phi) is 5.75. The van der Waals surface area contributed by atoms with Crippen LogP contribution in [0.3, 0.4) is 0 Å². The largest absolute Gasteiger partial charge is 0.458 e. The zero-order valence-electron chi connectivity index (χ0n) is 20.8. The van der Waals surface area contributed by atoms with E-state index in [2.05, 4.69) is 0 Å². The van der Waals surface area contributed by atoms with E-state index in [4.69, 9.17) is 14.5 Å². The number of cyclic esters (lactones) is 1. The normalized spacial score (nSPS) is 20.3. The minimum Gasteiger partial charge on any atom is -0.458 e. The van der Waals surface area contributed by atoms with Gasteiger partial charge in [-0.3, -0.25) is 4.79 Å². The maximum Gasteiger partial charge on any atom is 0.409 e. The van der Waals surface area contributed by atoms with Gasteiger partial charge >= 0.3 is 12.1 Å². The summed E-state index contributed by atoms with van der Waals surface area (Å²) in [5.41, 5.74) is 2.27. The highest BCUT2D eigenvalue weighted by Crippen LogP contribution is 2.40. The molecule has 1 N–H and O–H groups in total. The number of rotatable bonds is 4. The first-order chi connectivity index (χ1) is 17.9. The van der Waals surface area contributed by atoms with Gasteiger partial charge in [-0.15, -0.1) is 0 Å². The molecule has 6 rings (SSSR count). The van der Waals surface area contributed by atoms with E-state index in [1.807, 2.05) is 24.3 Å². The van der Waals surface area contributed by atoms with Gasteiger partial charge in [0, 0.05) is 36.0 Å². The van der Waals surface area contributed by atoms with Crippen molar-refractivity contribution in [2.24, 2.45) is 0 Å². The van der Waals surface area contributed by atoms with Gasteiger partial charge < -0.3 is 24.0 Å². The number of hydrogen-bond acceptors (Lipinski definition) is 7. The standard InChI is InChI=1S/C28H29N3O6/c1-2-28(35)21-14-23-24-19(15-31(23)25(32)20(21)16-37-26(28)33)17(18-8-4-5-9-22(18)29-24)10-13-36-27(34)30-11-6-3-7-12-30/h4-5,8-9,14,35H,2-3,6-7,10-13,15-16H2,1H3/t28-/m0/s1. The van der Waals surface area contributed by atoms with Crippen LogP contribution in [0, 0.1) is 0 Å². The number of fused-ring (bicyclic) bond motifs is 5. The fourth-order valence-corrected chi connectivity index (χ4v) is 5.81. The molecule has 1 aromatic carbocycles. The third-order valence-corrected chi connectivity index (χ3v) is 7.91. The van der Waals surface area contributed by atoms with E-state index in [-0.39, 0.29) is 31.3 Å². The van der Waals surface area contributed by atoms with Gasteiger partial charge in [-0.05, 0) is 43.4 Å². The van der Waals surface area contributed by atoms with E-state index in [1.54, 1.807) is 22.5 Å². The van der Waals surface area contributed by atoms with E-state index in [0.29, 0.717) is 35.5 Å². The summed E-state index contributed by atoms with van der Waals surface area (Å²) < 4.78 is 12.4. The molecule has 2 aromatic heterocycles. The van der Waals surface area contributed by atoms with Crippen LogP contribution in [-0.4, -0.2) is 51.3 Å². The van der Waals surface area contributed by atoms with Crippen molar-refractivity contribution in [3.05, 3.63) is 62.9 Å². The molecule has 1 saturated heterocycles. The zero-order chi connectivity index (χ0) is 25.7. The Labute approximate surface area is 213 Å². The highest BCUT2D eigenvalue weighted by Gasteiger charge is 2.45. The van der Waals surface area contributed by atoms with E-state index in [0.717, 1.165) is 54.4 Å². The lowest BCUT2D eigenvalue weighted by Gasteiger charge is -2.31. The van der Waals surface area contributed by atoms with Crippen LogP contribution in [0.25, 0.3) is 22.3 Å². The second-order valence-corrected chi connectivity index (χ2v) is 9.95. The maximum atomic E-state index is 13.5. The molecular weight excluding hydrogens is 474 g/mol. The molecule has 1 fully saturated rings. The molecule has 0 aliphatic carbocycles. The topological polar surface area (TPSA) is 111 Å². The Morgan fingerprint density at radius 1 is 1.16 bits per heavy atom. The van der Waals surface area contributed by atoms with Crippen LogP contribution in [0.15, 0.2) is 35.1 Å². The quantitative estimate of drug-likeness (QED) is 0.426. The number of esters is 1. The molecule has 3 aromatic rings. The summed E-state index contributed by atoms with van der Waals surface area (Å²) in [5.74, 6) is -0.743. The van der Waals surface area contributed by atoms with Crippen LogP contribution in [0.1, 0.15) is 54.9 Å². The highest BCUT2D eigenvalue weighted by molar-refractivity contribution is 5.89. The zero-order valence-corrected chi connectivity index (χ0v) is 20.8. The second kappa shape index (κ2) is 8.99. The summed E-state index contributed by atoms with van der Waals surface area (Å²) in [6.07, 6.45) is 3.42. The van der Waals surface area contributed by atoms with Crippen LogP contribution >= 0.6 is 0 Å². The number of para-hydroxylation sites is 1. The van der Waals surface area contributed by atoms with Crippen LogP contribution in [0.2, 0.25) is 0 Å². The molecule has 1 atom stereocenters. The molecule has 0 spiro atoms. The molecule has 1 amide bonds. The molecule has 0 saturated carbocycles. The first-order valence-electron chi connectivity index (χ1n) is 12.9. The number of ether oxygens (including phenoxy) is 2. The molecule has 37 heavy (non-hydrogen) atoms. The van der Waals surface area contributed by atoms with E-state index in [1.165, 1.54) is 0 Å². The SMILES string of the molecule is CC[C@@]1(O)C(=O)OCc2c1cc1n(c2=O)Cc2c-1nc1ccccc1c2CCOC(=O)N1CCCCC1. The number of pyridine rings is 2. The average Bonchev–Trinajstić information content (AvgIpc) is 3.30. The lowest BCUT2D eigenvalue weighted by atomic mass is 9.86. The van der Waals surface area contributed by atoms with Crippen molar-refractivity contribution in [1.82, 2.24) is 14.5 Å². The number of benzene rings is 1. The lowest BCUT2D eigenvalue weighted by Crippen LogP contribution is -2.44. The van der Waals surface area contributed by atoms with Crippen LogP contribution in [-0.2, 0) is 39.4 Å². The average molecular weight is 504 g/mol. The molecule has 9 heteroatoms. The van der Waals surface area contributed by atoms with Crippen molar-refractivity contribution in [3.63, 3.8) is 0 Å².